The molecule has 1 aromatic heterocycles. The number of hydrogen-bond donors (Lipinski definition) is 0. The fourth-order valence-electron chi connectivity index (χ4n) is 2.20. The van der Waals surface area contributed by atoms with E-state index in [1.54, 1.807) is 18.2 Å². The molecule has 0 fully saturated rings. The highest BCUT2D eigenvalue weighted by Gasteiger charge is 2.17. The first kappa shape index (κ1) is 12.9. The van der Waals surface area contributed by atoms with Crippen LogP contribution in [0, 0.1) is 0 Å². The summed E-state index contributed by atoms with van der Waals surface area (Å²) in [5.41, 5.74) is 1.20. The molecule has 0 aliphatic heterocycles. The summed E-state index contributed by atoms with van der Waals surface area (Å²) >= 11 is 0. The Balaban J connectivity index is 2.26. The van der Waals surface area contributed by atoms with E-state index >= 15 is 0 Å². The normalized spacial score (nSPS) is 11.9. The third-order valence-corrected chi connectivity index (χ3v) is 3.82. The van der Waals surface area contributed by atoms with Crippen molar-refractivity contribution in [1.82, 2.24) is 0 Å². The first-order valence-electron chi connectivity index (χ1n) is 6.59. The average Bonchev–Trinajstić information content (AvgIpc) is 2.38. The molecule has 0 N–H and O–H groups in total. The van der Waals surface area contributed by atoms with E-state index in [2.05, 4.69) is 19.6 Å². The second-order valence-electron chi connectivity index (χ2n) is 5.80. The third kappa shape index (κ3) is 2.34. The molecule has 1 heterocycles. The summed E-state index contributed by atoms with van der Waals surface area (Å²) < 4.78 is 11.7. The Morgan fingerprint density at radius 1 is 0.950 bits per heavy atom. The Labute approximate surface area is 117 Å². The van der Waals surface area contributed by atoms with Crippen molar-refractivity contribution in [2.75, 3.05) is 0 Å². The van der Waals surface area contributed by atoms with Crippen molar-refractivity contribution in [3.05, 3.63) is 52.7 Å². The summed E-state index contributed by atoms with van der Waals surface area (Å²) in [7, 11) is -1.69. The van der Waals surface area contributed by atoms with Gasteiger partial charge in [0.05, 0.1) is 10.8 Å². The molecule has 0 aliphatic carbocycles. The van der Waals surface area contributed by atoms with Crippen molar-refractivity contribution < 1.29 is 8.84 Å². The molecule has 0 saturated heterocycles. The van der Waals surface area contributed by atoms with Gasteiger partial charge >= 0.3 is 0 Å². The lowest BCUT2D eigenvalue weighted by molar-refractivity contribution is 0.557. The SMILES string of the molecule is C[Si](C)(C)Oc1ccc2oc3ccccc3c(=O)c2c1. The largest absolute Gasteiger partial charge is 0.544 e. The number of benzene rings is 2. The van der Waals surface area contributed by atoms with Crippen LogP contribution >= 0.6 is 0 Å². The standard InChI is InChI=1S/C16H16O3Si/c1-20(2,3)19-11-8-9-15-13(10-11)16(17)12-6-4-5-7-14(12)18-15/h4-10H,1-3H3. The van der Waals surface area contributed by atoms with E-state index in [0.29, 0.717) is 21.9 Å². The van der Waals surface area contributed by atoms with Gasteiger partial charge in [-0.2, -0.15) is 0 Å². The van der Waals surface area contributed by atoms with E-state index in [4.69, 9.17) is 8.84 Å². The highest BCUT2D eigenvalue weighted by Crippen LogP contribution is 2.24. The van der Waals surface area contributed by atoms with Crippen molar-refractivity contribution in [3.63, 3.8) is 0 Å². The second-order valence-corrected chi connectivity index (χ2v) is 10.2. The Hall–Kier alpha value is -2.07. The van der Waals surface area contributed by atoms with Crippen LogP contribution < -0.4 is 9.85 Å². The Morgan fingerprint density at radius 2 is 1.65 bits per heavy atom. The molecule has 3 rings (SSSR count). The van der Waals surface area contributed by atoms with Crippen LogP contribution in [0.15, 0.2) is 51.7 Å². The van der Waals surface area contributed by atoms with Gasteiger partial charge in [-0.3, -0.25) is 4.79 Å². The zero-order valence-corrected chi connectivity index (χ0v) is 12.8. The van der Waals surface area contributed by atoms with Gasteiger partial charge in [-0.05, 0) is 50.0 Å². The smallest absolute Gasteiger partial charge is 0.242 e. The van der Waals surface area contributed by atoms with E-state index in [-0.39, 0.29) is 5.43 Å². The molecule has 0 amide bonds. The van der Waals surface area contributed by atoms with Crippen LogP contribution in [0.4, 0.5) is 0 Å². The molecule has 0 radical (unpaired) electrons. The van der Waals surface area contributed by atoms with Crippen LogP contribution in [-0.4, -0.2) is 8.32 Å². The zero-order chi connectivity index (χ0) is 14.3. The fraction of sp³-hybridized carbons (Fsp3) is 0.188. The van der Waals surface area contributed by atoms with Crippen LogP contribution in [0.1, 0.15) is 0 Å². The second kappa shape index (κ2) is 4.49. The molecular formula is C16H16O3Si. The van der Waals surface area contributed by atoms with Gasteiger partial charge in [0.15, 0.2) is 0 Å². The zero-order valence-electron chi connectivity index (χ0n) is 11.8. The summed E-state index contributed by atoms with van der Waals surface area (Å²) in [6.07, 6.45) is 0. The first-order valence-corrected chi connectivity index (χ1v) is 9.99. The minimum absolute atomic E-state index is 0.0112. The van der Waals surface area contributed by atoms with Crippen LogP contribution in [0.5, 0.6) is 5.75 Å². The first-order chi connectivity index (χ1) is 9.44. The summed E-state index contributed by atoms with van der Waals surface area (Å²) in [5.74, 6) is 0.735. The predicted octanol–water partition coefficient (Wildman–Crippen LogP) is 4.16. The van der Waals surface area contributed by atoms with Crippen molar-refractivity contribution in [2.24, 2.45) is 0 Å². The van der Waals surface area contributed by atoms with E-state index in [1.165, 1.54) is 0 Å². The van der Waals surface area contributed by atoms with E-state index in [1.807, 2.05) is 24.3 Å². The monoisotopic (exact) mass is 284 g/mol. The fourth-order valence-corrected chi connectivity index (χ4v) is 3.03. The topological polar surface area (TPSA) is 39.4 Å². The van der Waals surface area contributed by atoms with Gasteiger partial charge in [0, 0.05) is 0 Å². The van der Waals surface area contributed by atoms with Crippen molar-refractivity contribution >= 4 is 30.3 Å². The maximum Gasteiger partial charge on any atom is 0.242 e. The highest BCUT2D eigenvalue weighted by atomic mass is 28.4. The molecule has 0 spiro atoms. The minimum Gasteiger partial charge on any atom is -0.544 e. The Kier molecular flexibility index (Phi) is 2.90. The van der Waals surface area contributed by atoms with Gasteiger partial charge in [-0.1, -0.05) is 12.1 Å². The Bertz CT molecular complexity index is 844. The number of hydrogen-bond acceptors (Lipinski definition) is 3. The molecule has 0 unspecified atom stereocenters. The molecule has 3 nitrogen and oxygen atoms in total. The maximum atomic E-state index is 12.5. The Morgan fingerprint density at radius 3 is 2.40 bits per heavy atom. The minimum atomic E-state index is -1.69. The lowest BCUT2D eigenvalue weighted by Gasteiger charge is -2.19. The van der Waals surface area contributed by atoms with Gasteiger partial charge in [0.2, 0.25) is 13.7 Å². The lowest BCUT2D eigenvalue weighted by Crippen LogP contribution is -2.29. The number of para-hydroxylation sites is 1. The summed E-state index contributed by atoms with van der Waals surface area (Å²) in [5, 5.41) is 1.17. The van der Waals surface area contributed by atoms with E-state index in [0.717, 1.165) is 5.75 Å². The molecule has 3 aromatic rings. The molecule has 0 aliphatic rings. The summed E-state index contributed by atoms with van der Waals surface area (Å²) in [6, 6.07) is 12.7. The van der Waals surface area contributed by atoms with E-state index < -0.39 is 8.32 Å². The number of fused-ring (bicyclic) bond motifs is 2. The predicted molar refractivity (Wildman–Crippen MR) is 84.0 cm³/mol. The molecule has 0 atom stereocenters. The summed E-state index contributed by atoms with van der Waals surface area (Å²) in [6.45, 7) is 6.33. The highest BCUT2D eigenvalue weighted by molar-refractivity contribution is 6.70. The molecule has 2 aromatic carbocycles. The van der Waals surface area contributed by atoms with Gasteiger partial charge in [0.25, 0.3) is 0 Å². The molecule has 0 saturated carbocycles. The van der Waals surface area contributed by atoms with Gasteiger partial charge in [-0.25, -0.2) is 0 Å². The molecule has 102 valence electrons. The van der Waals surface area contributed by atoms with Gasteiger partial charge in [-0.15, -0.1) is 0 Å². The summed E-state index contributed by atoms with van der Waals surface area (Å²) in [4.78, 5) is 12.5. The quantitative estimate of drug-likeness (QED) is 0.524. The van der Waals surface area contributed by atoms with Crippen LogP contribution in [0.2, 0.25) is 19.6 Å². The van der Waals surface area contributed by atoms with E-state index in [9.17, 15) is 4.79 Å². The van der Waals surface area contributed by atoms with Gasteiger partial charge in [0.1, 0.15) is 16.9 Å². The third-order valence-electron chi connectivity index (χ3n) is 2.97. The van der Waals surface area contributed by atoms with Crippen LogP contribution in [0.3, 0.4) is 0 Å². The molecular weight excluding hydrogens is 268 g/mol. The average molecular weight is 284 g/mol. The molecule has 4 heteroatoms. The van der Waals surface area contributed by atoms with Crippen molar-refractivity contribution in [2.45, 2.75) is 19.6 Å². The number of rotatable bonds is 2. The van der Waals surface area contributed by atoms with Crippen molar-refractivity contribution in [1.29, 1.82) is 0 Å². The van der Waals surface area contributed by atoms with Gasteiger partial charge < -0.3 is 8.84 Å². The lowest BCUT2D eigenvalue weighted by atomic mass is 10.1. The van der Waals surface area contributed by atoms with Crippen molar-refractivity contribution in [3.8, 4) is 5.75 Å². The maximum absolute atomic E-state index is 12.5. The molecule has 0 bridgehead atoms. The van der Waals surface area contributed by atoms with Crippen LogP contribution in [-0.2, 0) is 0 Å². The van der Waals surface area contributed by atoms with Crippen LogP contribution in [0.25, 0.3) is 21.9 Å². The molecule has 20 heavy (non-hydrogen) atoms.